The Morgan fingerprint density at radius 1 is 1.32 bits per heavy atom. The van der Waals surface area contributed by atoms with E-state index in [1.165, 1.54) is 15.3 Å². The third-order valence-electron chi connectivity index (χ3n) is 4.99. The van der Waals surface area contributed by atoms with Crippen LogP contribution in [0.2, 0.25) is 0 Å². The highest BCUT2D eigenvalue weighted by molar-refractivity contribution is 7.12. The van der Waals surface area contributed by atoms with E-state index in [1.54, 1.807) is 6.20 Å². The fraction of sp³-hybridized carbons (Fsp3) is 0.500. The van der Waals surface area contributed by atoms with Crippen molar-refractivity contribution in [1.82, 2.24) is 9.88 Å². The number of aryl methyl sites for hydroxylation is 2. The smallest absolute Gasteiger partial charge is 0.255 e. The molecule has 1 aliphatic rings. The van der Waals surface area contributed by atoms with Crippen molar-refractivity contribution in [3.8, 4) is 0 Å². The Hall–Kier alpha value is -1.88. The van der Waals surface area contributed by atoms with E-state index in [2.05, 4.69) is 44.1 Å². The van der Waals surface area contributed by atoms with E-state index < -0.39 is 0 Å². The van der Waals surface area contributed by atoms with E-state index in [4.69, 9.17) is 0 Å². The zero-order chi connectivity index (χ0) is 18.0. The molecule has 0 aliphatic carbocycles. The van der Waals surface area contributed by atoms with Crippen molar-refractivity contribution in [2.24, 2.45) is 5.92 Å². The van der Waals surface area contributed by atoms with Gasteiger partial charge in [-0.05, 0) is 63.3 Å². The molecule has 3 rings (SSSR count). The maximum atomic E-state index is 12.6. The largest absolute Gasteiger partial charge is 0.364 e. The lowest BCUT2D eigenvalue weighted by Gasteiger charge is -2.30. The van der Waals surface area contributed by atoms with Gasteiger partial charge in [0, 0.05) is 29.0 Å². The number of amides is 1. The second kappa shape index (κ2) is 7.56. The molecule has 4 nitrogen and oxygen atoms in total. The van der Waals surface area contributed by atoms with Crippen molar-refractivity contribution in [2.75, 3.05) is 18.4 Å². The highest BCUT2D eigenvalue weighted by atomic mass is 32.1. The third-order valence-corrected chi connectivity index (χ3v) is 5.97. The Bertz CT molecular complexity index is 730. The molecule has 3 heterocycles. The molecule has 0 bridgehead atoms. The van der Waals surface area contributed by atoms with Crippen molar-refractivity contribution in [3.05, 3.63) is 45.3 Å². The maximum absolute atomic E-state index is 12.6. The summed E-state index contributed by atoms with van der Waals surface area (Å²) in [5.41, 5.74) is 1.99. The summed E-state index contributed by atoms with van der Waals surface area (Å²) >= 11 is 1.82. The summed E-state index contributed by atoms with van der Waals surface area (Å²) in [6.45, 7) is 10.4. The monoisotopic (exact) mass is 357 g/mol. The van der Waals surface area contributed by atoms with E-state index in [-0.39, 0.29) is 11.9 Å². The van der Waals surface area contributed by atoms with Gasteiger partial charge in [0.15, 0.2) is 0 Å². The minimum atomic E-state index is 0.100. The zero-order valence-electron chi connectivity index (χ0n) is 15.5. The van der Waals surface area contributed by atoms with E-state index >= 15 is 0 Å². The number of rotatable bonds is 4. The minimum Gasteiger partial charge on any atom is -0.364 e. The predicted octanol–water partition coefficient (Wildman–Crippen LogP) is 4.81. The maximum Gasteiger partial charge on any atom is 0.255 e. The second-order valence-corrected chi connectivity index (χ2v) is 8.60. The summed E-state index contributed by atoms with van der Waals surface area (Å²) in [4.78, 5) is 21.6. The second-order valence-electron chi connectivity index (χ2n) is 7.14. The SMILES string of the molecule is Cc1cc(C(C)Nc2ccc(C(=O)N3CCC(C)CC3)cn2)c(C)s1. The highest BCUT2D eigenvalue weighted by Gasteiger charge is 2.21. The van der Waals surface area contributed by atoms with Gasteiger partial charge in [0.1, 0.15) is 5.82 Å². The molecule has 1 atom stereocenters. The number of piperidine rings is 1. The molecule has 1 fully saturated rings. The summed E-state index contributed by atoms with van der Waals surface area (Å²) in [5.74, 6) is 1.63. The number of likely N-dealkylation sites (tertiary alicyclic amines) is 1. The molecular weight excluding hydrogens is 330 g/mol. The van der Waals surface area contributed by atoms with Gasteiger partial charge in [0.25, 0.3) is 5.91 Å². The van der Waals surface area contributed by atoms with Gasteiger partial charge in [-0.15, -0.1) is 11.3 Å². The van der Waals surface area contributed by atoms with Crippen LogP contribution in [-0.2, 0) is 0 Å². The molecule has 1 N–H and O–H groups in total. The van der Waals surface area contributed by atoms with Gasteiger partial charge in [0.05, 0.1) is 11.6 Å². The fourth-order valence-electron chi connectivity index (χ4n) is 3.38. The molecule has 0 saturated carbocycles. The fourth-order valence-corrected chi connectivity index (χ4v) is 4.40. The summed E-state index contributed by atoms with van der Waals surface area (Å²) < 4.78 is 0. The summed E-state index contributed by atoms with van der Waals surface area (Å²) in [5, 5.41) is 3.43. The molecule has 0 aromatic carbocycles. The van der Waals surface area contributed by atoms with E-state index in [0.29, 0.717) is 5.56 Å². The van der Waals surface area contributed by atoms with Gasteiger partial charge in [-0.2, -0.15) is 0 Å². The first kappa shape index (κ1) is 17.9. The molecule has 2 aromatic rings. The molecule has 5 heteroatoms. The van der Waals surface area contributed by atoms with Gasteiger partial charge in [0.2, 0.25) is 0 Å². The Morgan fingerprint density at radius 2 is 2.04 bits per heavy atom. The van der Waals surface area contributed by atoms with Gasteiger partial charge >= 0.3 is 0 Å². The Balaban J connectivity index is 1.64. The van der Waals surface area contributed by atoms with Gasteiger partial charge < -0.3 is 10.2 Å². The number of carbonyl (C=O) groups excluding carboxylic acids is 1. The van der Waals surface area contributed by atoms with Crippen LogP contribution in [0.1, 0.15) is 58.4 Å². The van der Waals surface area contributed by atoms with Crippen LogP contribution in [0.3, 0.4) is 0 Å². The first-order chi connectivity index (χ1) is 11.9. The highest BCUT2D eigenvalue weighted by Crippen LogP contribution is 2.28. The van der Waals surface area contributed by atoms with Crippen LogP contribution in [0.15, 0.2) is 24.4 Å². The number of carbonyl (C=O) groups is 1. The summed E-state index contributed by atoms with van der Waals surface area (Å²) in [6.07, 6.45) is 3.88. The number of hydrogen-bond acceptors (Lipinski definition) is 4. The van der Waals surface area contributed by atoms with Crippen molar-refractivity contribution >= 4 is 23.1 Å². The number of anilines is 1. The average Bonchev–Trinajstić information content (AvgIpc) is 2.94. The first-order valence-corrected chi connectivity index (χ1v) is 9.84. The number of nitrogens with zero attached hydrogens (tertiary/aromatic N) is 2. The lowest BCUT2D eigenvalue weighted by atomic mass is 9.99. The van der Waals surface area contributed by atoms with Crippen molar-refractivity contribution in [2.45, 2.75) is 46.6 Å². The van der Waals surface area contributed by atoms with Crippen LogP contribution in [0.5, 0.6) is 0 Å². The lowest BCUT2D eigenvalue weighted by Crippen LogP contribution is -2.37. The van der Waals surface area contributed by atoms with Gasteiger partial charge in [-0.25, -0.2) is 4.98 Å². The Labute approximate surface area is 154 Å². The van der Waals surface area contributed by atoms with Crippen LogP contribution >= 0.6 is 11.3 Å². The van der Waals surface area contributed by atoms with E-state index in [1.807, 2.05) is 28.4 Å². The number of nitrogens with one attached hydrogen (secondary N) is 1. The molecular formula is C20H27N3OS. The van der Waals surface area contributed by atoms with Crippen LogP contribution in [-0.4, -0.2) is 28.9 Å². The summed E-state index contributed by atoms with van der Waals surface area (Å²) in [7, 11) is 0. The van der Waals surface area contributed by atoms with Crippen LogP contribution in [0.4, 0.5) is 5.82 Å². The Morgan fingerprint density at radius 3 is 2.60 bits per heavy atom. The van der Waals surface area contributed by atoms with E-state index in [0.717, 1.165) is 37.7 Å². The van der Waals surface area contributed by atoms with Crippen LogP contribution in [0, 0.1) is 19.8 Å². The molecule has 0 spiro atoms. The molecule has 1 aliphatic heterocycles. The van der Waals surface area contributed by atoms with E-state index in [9.17, 15) is 4.79 Å². The number of hydrogen-bond donors (Lipinski definition) is 1. The predicted molar refractivity (Wildman–Crippen MR) is 104 cm³/mol. The van der Waals surface area contributed by atoms with Crippen molar-refractivity contribution < 1.29 is 4.79 Å². The molecule has 2 aromatic heterocycles. The zero-order valence-corrected chi connectivity index (χ0v) is 16.3. The molecule has 1 amide bonds. The Kier molecular flexibility index (Phi) is 5.42. The molecule has 0 radical (unpaired) electrons. The topological polar surface area (TPSA) is 45.2 Å². The average molecular weight is 358 g/mol. The minimum absolute atomic E-state index is 0.100. The van der Waals surface area contributed by atoms with Gasteiger partial charge in [-0.3, -0.25) is 4.79 Å². The van der Waals surface area contributed by atoms with Crippen molar-refractivity contribution in [3.63, 3.8) is 0 Å². The normalized spacial score (nSPS) is 16.7. The summed E-state index contributed by atoms with van der Waals surface area (Å²) in [6, 6.07) is 6.22. The molecule has 134 valence electrons. The number of pyridine rings is 1. The first-order valence-electron chi connectivity index (χ1n) is 9.03. The van der Waals surface area contributed by atoms with Gasteiger partial charge in [-0.1, -0.05) is 6.92 Å². The van der Waals surface area contributed by atoms with Crippen LogP contribution < -0.4 is 5.32 Å². The standard InChI is InChI=1S/C20H27N3OS/c1-13-7-9-23(10-8-13)20(24)17-5-6-19(21-12-17)22-15(3)18-11-14(2)25-16(18)4/h5-6,11-13,15H,7-10H2,1-4H3,(H,21,22). The lowest BCUT2D eigenvalue weighted by molar-refractivity contribution is 0.0697. The molecule has 25 heavy (non-hydrogen) atoms. The third kappa shape index (κ3) is 4.21. The molecule has 1 unspecified atom stereocenters. The number of aromatic nitrogens is 1. The quantitative estimate of drug-likeness (QED) is 0.854. The number of thiophene rings is 1. The van der Waals surface area contributed by atoms with Crippen LogP contribution in [0.25, 0.3) is 0 Å². The molecule has 1 saturated heterocycles. The van der Waals surface area contributed by atoms with Crippen molar-refractivity contribution in [1.29, 1.82) is 0 Å².